The topological polar surface area (TPSA) is 64.3 Å². The molecule has 21 heavy (non-hydrogen) atoms. The van der Waals surface area contributed by atoms with E-state index in [1.165, 1.54) is 0 Å². The highest BCUT2D eigenvalue weighted by atomic mass is 35.5. The lowest BCUT2D eigenvalue weighted by Gasteiger charge is -2.38. The SMILES string of the molecule is CCC(C)C(=O)NC1CC(C)(C)Oc2ccc(N)cc21.Cl. The van der Waals surface area contributed by atoms with Gasteiger partial charge in [-0.1, -0.05) is 13.8 Å². The zero-order chi connectivity index (χ0) is 14.9. The van der Waals surface area contributed by atoms with Crippen molar-refractivity contribution in [3.63, 3.8) is 0 Å². The molecular weight excluding hydrogens is 288 g/mol. The monoisotopic (exact) mass is 312 g/mol. The first-order valence-corrected chi connectivity index (χ1v) is 7.21. The number of nitrogens with two attached hydrogens (primary N) is 1. The number of rotatable bonds is 3. The normalized spacial score (nSPS) is 20.5. The van der Waals surface area contributed by atoms with Crippen LogP contribution < -0.4 is 15.8 Å². The van der Waals surface area contributed by atoms with Gasteiger partial charge in [-0.3, -0.25) is 4.79 Å². The minimum absolute atomic E-state index is 0. The maximum absolute atomic E-state index is 12.2. The second kappa shape index (κ2) is 6.56. The highest BCUT2D eigenvalue weighted by Crippen LogP contribution is 2.40. The summed E-state index contributed by atoms with van der Waals surface area (Å²) in [7, 11) is 0. The number of hydrogen-bond donors (Lipinski definition) is 2. The number of hydrogen-bond acceptors (Lipinski definition) is 3. The van der Waals surface area contributed by atoms with E-state index in [4.69, 9.17) is 10.5 Å². The summed E-state index contributed by atoms with van der Waals surface area (Å²) in [6.07, 6.45) is 1.58. The second-order valence-corrected chi connectivity index (χ2v) is 6.23. The lowest BCUT2D eigenvalue weighted by Crippen LogP contribution is -2.42. The Kier molecular flexibility index (Phi) is 5.51. The fourth-order valence-corrected chi connectivity index (χ4v) is 2.50. The second-order valence-electron chi connectivity index (χ2n) is 6.23. The van der Waals surface area contributed by atoms with Gasteiger partial charge in [0.1, 0.15) is 11.4 Å². The highest BCUT2D eigenvalue weighted by Gasteiger charge is 2.35. The molecule has 0 fully saturated rings. The van der Waals surface area contributed by atoms with Gasteiger partial charge in [0.05, 0.1) is 6.04 Å². The van der Waals surface area contributed by atoms with Crippen LogP contribution in [0.15, 0.2) is 18.2 Å². The quantitative estimate of drug-likeness (QED) is 0.840. The molecule has 0 radical (unpaired) electrons. The Morgan fingerprint density at radius 1 is 1.52 bits per heavy atom. The van der Waals surface area contributed by atoms with Crippen LogP contribution in [0.25, 0.3) is 0 Å². The molecule has 4 nitrogen and oxygen atoms in total. The van der Waals surface area contributed by atoms with Crippen LogP contribution in [0.2, 0.25) is 0 Å². The van der Waals surface area contributed by atoms with Crippen LogP contribution >= 0.6 is 12.4 Å². The lowest BCUT2D eigenvalue weighted by molar-refractivity contribution is -0.125. The summed E-state index contributed by atoms with van der Waals surface area (Å²) < 4.78 is 5.97. The minimum atomic E-state index is -0.295. The predicted octanol–water partition coefficient (Wildman–Crippen LogP) is 3.46. The fourth-order valence-electron chi connectivity index (χ4n) is 2.50. The summed E-state index contributed by atoms with van der Waals surface area (Å²) in [5, 5.41) is 3.13. The van der Waals surface area contributed by atoms with Gasteiger partial charge in [-0.05, 0) is 38.5 Å². The van der Waals surface area contributed by atoms with E-state index in [1.54, 1.807) is 0 Å². The molecule has 1 amide bonds. The van der Waals surface area contributed by atoms with Crippen molar-refractivity contribution in [1.29, 1.82) is 0 Å². The first kappa shape index (κ1) is 17.6. The van der Waals surface area contributed by atoms with Crippen LogP contribution in [-0.4, -0.2) is 11.5 Å². The average molecular weight is 313 g/mol. The van der Waals surface area contributed by atoms with Gasteiger partial charge in [-0.25, -0.2) is 0 Å². The minimum Gasteiger partial charge on any atom is -0.487 e. The fraction of sp³-hybridized carbons (Fsp3) is 0.562. The maximum atomic E-state index is 12.2. The number of nitrogen functional groups attached to an aromatic ring is 1. The molecule has 2 atom stereocenters. The van der Waals surface area contributed by atoms with Gasteiger partial charge in [0.2, 0.25) is 5.91 Å². The molecule has 118 valence electrons. The molecule has 5 heteroatoms. The van der Waals surface area contributed by atoms with Crippen molar-refractivity contribution >= 4 is 24.0 Å². The summed E-state index contributed by atoms with van der Waals surface area (Å²) in [6.45, 7) is 8.04. The highest BCUT2D eigenvalue weighted by molar-refractivity contribution is 5.85. The van der Waals surface area contributed by atoms with E-state index < -0.39 is 0 Å². The van der Waals surface area contributed by atoms with Gasteiger partial charge >= 0.3 is 0 Å². The summed E-state index contributed by atoms with van der Waals surface area (Å²) >= 11 is 0. The van der Waals surface area contributed by atoms with Gasteiger partial charge in [-0.2, -0.15) is 0 Å². The molecule has 0 saturated carbocycles. The van der Waals surface area contributed by atoms with Crippen LogP contribution in [0.5, 0.6) is 5.75 Å². The van der Waals surface area contributed by atoms with Gasteiger partial charge in [0.15, 0.2) is 0 Å². The summed E-state index contributed by atoms with van der Waals surface area (Å²) in [5.41, 5.74) is 7.23. The van der Waals surface area contributed by atoms with Crippen molar-refractivity contribution in [2.24, 2.45) is 5.92 Å². The van der Waals surface area contributed by atoms with Crippen molar-refractivity contribution in [2.75, 3.05) is 5.73 Å². The van der Waals surface area contributed by atoms with E-state index in [2.05, 4.69) is 5.32 Å². The molecule has 1 aromatic rings. The Morgan fingerprint density at radius 3 is 2.81 bits per heavy atom. The van der Waals surface area contributed by atoms with Crippen molar-refractivity contribution in [3.8, 4) is 5.75 Å². The number of benzene rings is 1. The largest absolute Gasteiger partial charge is 0.487 e. The predicted molar refractivity (Wildman–Crippen MR) is 87.8 cm³/mol. The van der Waals surface area contributed by atoms with E-state index >= 15 is 0 Å². The van der Waals surface area contributed by atoms with E-state index in [0.29, 0.717) is 5.69 Å². The van der Waals surface area contributed by atoms with Crippen LogP contribution in [0.1, 0.15) is 52.1 Å². The van der Waals surface area contributed by atoms with E-state index in [0.717, 1.165) is 24.2 Å². The van der Waals surface area contributed by atoms with Crippen LogP contribution in [0, 0.1) is 5.92 Å². The number of carbonyl (C=O) groups is 1. The number of ether oxygens (including phenoxy) is 1. The number of amides is 1. The van der Waals surface area contributed by atoms with Crippen LogP contribution in [-0.2, 0) is 4.79 Å². The number of nitrogens with one attached hydrogen (secondary N) is 1. The Bertz CT molecular complexity index is 517. The Hall–Kier alpha value is -1.42. The third kappa shape index (κ3) is 4.03. The molecule has 1 heterocycles. The van der Waals surface area contributed by atoms with Gasteiger partial charge in [0.25, 0.3) is 0 Å². The van der Waals surface area contributed by atoms with Crippen LogP contribution in [0.4, 0.5) is 5.69 Å². The number of carbonyl (C=O) groups excluding carboxylic acids is 1. The Labute approximate surface area is 132 Å². The molecule has 2 rings (SSSR count). The van der Waals surface area contributed by atoms with Crippen molar-refractivity contribution in [2.45, 2.75) is 52.2 Å². The molecule has 1 aliphatic rings. The smallest absolute Gasteiger partial charge is 0.223 e. The Morgan fingerprint density at radius 2 is 2.19 bits per heavy atom. The maximum Gasteiger partial charge on any atom is 0.223 e. The third-order valence-corrected chi connectivity index (χ3v) is 3.87. The first-order valence-electron chi connectivity index (χ1n) is 7.21. The zero-order valence-corrected chi connectivity index (χ0v) is 13.9. The first-order chi connectivity index (χ1) is 9.32. The van der Waals surface area contributed by atoms with E-state index in [1.807, 2.05) is 45.9 Å². The Balaban J connectivity index is 0.00000220. The number of halogens is 1. The van der Waals surface area contributed by atoms with Crippen molar-refractivity contribution < 1.29 is 9.53 Å². The van der Waals surface area contributed by atoms with Crippen molar-refractivity contribution in [1.82, 2.24) is 5.32 Å². The summed E-state index contributed by atoms with van der Waals surface area (Å²) in [4.78, 5) is 12.2. The number of fused-ring (bicyclic) bond motifs is 1. The molecule has 3 N–H and O–H groups in total. The third-order valence-electron chi connectivity index (χ3n) is 3.87. The van der Waals surface area contributed by atoms with E-state index in [9.17, 15) is 4.79 Å². The standard InChI is InChI=1S/C16H24N2O2.ClH/c1-5-10(2)15(19)18-13-9-16(3,4)20-14-7-6-11(17)8-12(13)14;/h6-8,10,13H,5,9,17H2,1-4H3,(H,18,19);1H. The van der Waals surface area contributed by atoms with Crippen molar-refractivity contribution in [3.05, 3.63) is 23.8 Å². The summed E-state index contributed by atoms with van der Waals surface area (Å²) in [5.74, 6) is 0.916. The molecule has 1 aromatic carbocycles. The van der Waals surface area contributed by atoms with Gasteiger partial charge < -0.3 is 15.8 Å². The molecule has 2 unspecified atom stereocenters. The molecule has 0 bridgehead atoms. The summed E-state index contributed by atoms with van der Waals surface area (Å²) in [6, 6.07) is 5.56. The molecule has 0 aliphatic carbocycles. The van der Waals surface area contributed by atoms with Gasteiger partial charge in [-0.15, -0.1) is 12.4 Å². The lowest BCUT2D eigenvalue weighted by atomic mass is 9.89. The zero-order valence-electron chi connectivity index (χ0n) is 13.1. The number of anilines is 1. The molecule has 0 saturated heterocycles. The molecule has 1 aliphatic heterocycles. The molecule has 0 aromatic heterocycles. The van der Waals surface area contributed by atoms with E-state index in [-0.39, 0.29) is 35.9 Å². The van der Waals surface area contributed by atoms with Gasteiger partial charge in [0, 0.05) is 23.6 Å². The molecule has 0 spiro atoms. The molecular formula is C16H25ClN2O2. The van der Waals surface area contributed by atoms with Crippen LogP contribution in [0.3, 0.4) is 0 Å². The average Bonchev–Trinajstić information content (AvgIpc) is 2.37.